The van der Waals surface area contributed by atoms with Gasteiger partial charge in [-0.2, -0.15) is 5.10 Å². The van der Waals surface area contributed by atoms with E-state index in [9.17, 15) is 19.1 Å². The lowest BCUT2D eigenvalue weighted by molar-refractivity contribution is -0.133. The minimum atomic E-state index is -2.44. The number of halogens is 2. The number of nitrogens with two attached hydrogens (primary N) is 1. The second-order valence-corrected chi connectivity index (χ2v) is 8.46. The lowest BCUT2D eigenvalue weighted by Crippen LogP contribution is -2.43. The van der Waals surface area contributed by atoms with E-state index in [0.29, 0.717) is 22.8 Å². The van der Waals surface area contributed by atoms with E-state index in [2.05, 4.69) is 10.4 Å². The summed E-state index contributed by atoms with van der Waals surface area (Å²) < 4.78 is 31.0. The highest BCUT2D eigenvalue weighted by Gasteiger charge is 2.41. The molecule has 36 heavy (non-hydrogen) atoms. The van der Waals surface area contributed by atoms with E-state index >= 15 is 4.39 Å². The number of rotatable bonds is 4. The van der Waals surface area contributed by atoms with Crippen LogP contribution in [-0.2, 0) is 24.0 Å². The number of nitrogens with zero attached hydrogens (tertiary/aromatic N) is 3. The van der Waals surface area contributed by atoms with Crippen molar-refractivity contribution < 1.29 is 23.5 Å². The summed E-state index contributed by atoms with van der Waals surface area (Å²) in [7, 11) is 1.71. The van der Waals surface area contributed by atoms with Crippen LogP contribution in [0.25, 0.3) is 0 Å². The molecule has 3 aromatic carbocycles. The minimum Gasteiger partial charge on any atom is -0.372 e. The predicted molar refractivity (Wildman–Crippen MR) is 128 cm³/mol. The molecule has 5 rings (SSSR count). The van der Waals surface area contributed by atoms with Crippen LogP contribution >= 0.6 is 0 Å². The van der Waals surface area contributed by atoms with Gasteiger partial charge in [0.1, 0.15) is 17.5 Å². The molecule has 1 unspecified atom stereocenters. The van der Waals surface area contributed by atoms with E-state index in [1.807, 2.05) is 0 Å². The summed E-state index contributed by atoms with van der Waals surface area (Å²) in [5, 5.41) is 18.4. The molecule has 2 amide bonds. The van der Waals surface area contributed by atoms with Gasteiger partial charge in [-0.25, -0.2) is 8.78 Å². The second kappa shape index (κ2) is 8.58. The van der Waals surface area contributed by atoms with Crippen molar-refractivity contribution in [3.8, 4) is 0 Å². The molecule has 2 heterocycles. The first-order valence-electron chi connectivity index (χ1n) is 11.0. The summed E-state index contributed by atoms with van der Waals surface area (Å²) >= 11 is 0. The summed E-state index contributed by atoms with van der Waals surface area (Å²) in [5.41, 5.74) is 4.11. The number of nitrogens with one attached hydrogen (secondary N) is 1. The fourth-order valence-electron chi connectivity index (χ4n) is 4.38. The molecule has 1 aliphatic heterocycles. The number of benzene rings is 3. The van der Waals surface area contributed by atoms with E-state index < -0.39 is 29.0 Å². The molecule has 0 radical (unpaired) electrons. The third kappa shape index (κ3) is 3.68. The number of primary amides is 1. The van der Waals surface area contributed by atoms with Crippen LogP contribution in [-0.4, -0.2) is 26.7 Å². The van der Waals surface area contributed by atoms with Gasteiger partial charge in [0.15, 0.2) is 5.60 Å². The molecule has 0 aliphatic carbocycles. The van der Waals surface area contributed by atoms with Crippen molar-refractivity contribution >= 4 is 29.0 Å². The second-order valence-electron chi connectivity index (χ2n) is 8.46. The summed E-state index contributed by atoms with van der Waals surface area (Å²) in [4.78, 5) is 27.2. The molecule has 10 heteroatoms. The van der Waals surface area contributed by atoms with Crippen molar-refractivity contribution in [1.29, 1.82) is 0 Å². The molecule has 0 saturated carbocycles. The number of fused-ring (bicyclic) bond motifs is 2. The molecule has 8 nitrogen and oxygen atoms in total. The van der Waals surface area contributed by atoms with Gasteiger partial charge in [0, 0.05) is 23.7 Å². The highest BCUT2D eigenvalue weighted by Crippen LogP contribution is 2.37. The molecule has 182 valence electrons. The first kappa shape index (κ1) is 23.2. The van der Waals surface area contributed by atoms with E-state index in [0.717, 1.165) is 12.1 Å². The summed E-state index contributed by atoms with van der Waals surface area (Å²) in [6.45, 7) is 0.0895. The first-order valence-corrected chi connectivity index (χ1v) is 11.0. The number of amides is 2. The van der Waals surface area contributed by atoms with Crippen LogP contribution in [0.2, 0.25) is 0 Å². The van der Waals surface area contributed by atoms with E-state index in [1.54, 1.807) is 36.1 Å². The molecule has 0 fully saturated rings. The highest BCUT2D eigenvalue weighted by atomic mass is 19.1. The van der Waals surface area contributed by atoms with Crippen LogP contribution < -0.4 is 16.0 Å². The SMILES string of the molecule is Cn1ncc2c1Nc1cc(F)ccc1N(C(=O)c1ccc(C(O)(C(N)=O)c3ccccc3)c(F)c1)C2. The number of hydrogen-bond acceptors (Lipinski definition) is 5. The Bertz CT molecular complexity index is 1500. The molecular weight excluding hydrogens is 468 g/mol. The summed E-state index contributed by atoms with van der Waals surface area (Å²) in [5.74, 6) is -2.63. The van der Waals surface area contributed by atoms with E-state index in [1.165, 1.54) is 41.3 Å². The fourth-order valence-corrected chi connectivity index (χ4v) is 4.38. The molecule has 4 N–H and O–H groups in total. The topological polar surface area (TPSA) is 113 Å². The van der Waals surface area contributed by atoms with Crippen LogP contribution in [0.1, 0.15) is 27.0 Å². The Balaban J connectivity index is 1.57. The van der Waals surface area contributed by atoms with Gasteiger partial charge in [-0.1, -0.05) is 36.4 Å². The van der Waals surface area contributed by atoms with Gasteiger partial charge in [0.05, 0.1) is 24.1 Å². The third-order valence-corrected chi connectivity index (χ3v) is 6.24. The monoisotopic (exact) mass is 489 g/mol. The predicted octanol–water partition coefficient (Wildman–Crippen LogP) is 3.32. The van der Waals surface area contributed by atoms with Gasteiger partial charge in [0.25, 0.3) is 11.8 Å². The number of carbonyl (C=O) groups is 2. The summed E-state index contributed by atoms with van der Waals surface area (Å²) in [6.07, 6.45) is 1.58. The van der Waals surface area contributed by atoms with Crippen LogP contribution in [0.3, 0.4) is 0 Å². The maximum Gasteiger partial charge on any atom is 0.258 e. The average molecular weight is 489 g/mol. The van der Waals surface area contributed by atoms with Crippen LogP contribution in [0, 0.1) is 11.6 Å². The molecule has 1 aliphatic rings. The number of aromatic nitrogens is 2. The van der Waals surface area contributed by atoms with Crippen molar-refractivity contribution in [2.75, 3.05) is 10.2 Å². The lowest BCUT2D eigenvalue weighted by Gasteiger charge is -2.27. The normalized spacial score (nSPS) is 14.2. The average Bonchev–Trinajstić information content (AvgIpc) is 3.11. The van der Waals surface area contributed by atoms with Gasteiger partial charge >= 0.3 is 0 Å². The molecule has 0 saturated heterocycles. The zero-order valence-corrected chi connectivity index (χ0v) is 19.1. The Morgan fingerprint density at radius 3 is 2.53 bits per heavy atom. The highest BCUT2D eigenvalue weighted by molar-refractivity contribution is 6.08. The van der Waals surface area contributed by atoms with E-state index in [4.69, 9.17) is 5.73 Å². The van der Waals surface area contributed by atoms with Gasteiger partial charge in [0.2, 0.25) is 0 Å². The standard InChI is InChI=1S/C26H21F2N5O3/c1-32-23-16(13-30-32)14-33(22-10-8-18(27)12-21(22)31-23)24(34)15-7-9-19(20(28)11-15)26(36,25(29)35)17-5-3-2-4-6-17/h2-13,31,36H,14H2,1H3,(H2,29,35). The molecule has 1 atom stereocenters. The number of anilines is 3. The summed E-state index contributed by atoms with van der Waals surface area (Å²) in [6, 6.07) is 15.1. The molecule has 0 bridgehead atoms. The Morgan fingerprint density at radius 2 is 1.83 bits per heavy atom. The number of carbonyl (C=O) groups excluding carboxylic acids is 2. The third-order valence-electron chi connectivity index (χ3n) is 6.24. The Hall–Kier alpha value is -4.57. The number of hydrogen-bond donors (Lipinski definition) is 3. The van der Waals surface area contributed by atoms with Crippen LogP contribution in [0.4, 0.5) is 26.0 Å². The quantitative estimate of drug-likeness (QED) is 0.407. The van der Waals surface area contributed by atoms with Crippen LogP contribution in [0.5, 0.6) is 0 Å². The van der Waals surface area contributed by atoms with E-state index in [-0.39, 0.29) is 23.2 Å². The first-order chi connectivity index (χ1) is 17.2. The van der Waals surface area contributed by atoms with Gasteiger partial charge in [-0.3, -0.25) is 14.3 Å². The minimum absolute atomic E-state index is 0.0428. The van der Waals surface area contributed by atoms with Crippen molar-refractivity contribution in [3.63, 3.8) is 0 Å². The zero-order chi connectivity index (χ0) is 25.6. The number of aryl methyl sites for hydroxylation is 1. The Kier molecular flexibility index (Phi) is 5.52. The molecule has 4 aromatic rings. The zero-order valence-electron chi connectivity index (χ0n) is 19.1. The lowest BCUT2D eigenvalue weighted by atomic mass is 9.85. The van der Waals surface area contributed by atoms with Gasteiger partial charge in [-0.05, 0) is 35.9 Å². The van der Waals surface area contributed by atoms with Crippen molar-refractivity contribution in [3.05, 3.63) is 107 Å². The number of aliphatic hydroxyl groups is 1. The van der Waals surface area contributed by atoms with Crippen LogP contribution in [0.15, 0.2) is 72.9 Å². The smallest absolute Gasteiger partial charge is 0.258 e. The van der Waals surface area contributed by atoms with Crippen molar-refractivity contribution in [1.82, 2.24) is 9.78 Å². The Morgan fingerprint density at radius 1 is 1.08 bits per heavy atom. The van der Waals surface area contributed by atoms with Gasteiger partial charge < -0.3 is 21.1 Å². The molecule has 1 aromatic heterocycles. The maximum atomic E-state index is 15.4. The Labute approximate surface area is 204 Å². The van der Waals surface area contributed by atoms with Crippen molar-refractivity contribution in [2.24, 2.45) is 12.8 Å². The maximum absolute atomic E-state index is 15.4. The largest absolute Gasteiger partial charge is 0.372 e. The van der Waals surface area contributed by atoms with Gasteiger partial charge in [-0.15, -0.1) is 0 Å². The van der Waals surface area contributed by atoms with Crippen molar-refractivity contribution in [2.45, 2.75) is 12.1 Å². The fraction of sp³-hybridized carbons (Fsp3) is 0.115. The molecular formula is C26H21F2N5O3. The molecule has 0 spiro atoms.